The molecule has 20 heavy (non-hydrogen) atoms. The molecular weight excluding hydrogens is 331 g/mol. The number of sulfonamides is 1. The maximum atomic E-state index is 13.2. The summed E-state index contributed by atoms with van der Waals surface area (Å²) in [6.07, 6.45) is 0. The molecule has 0 aliphatic heterocycles. The molecule has 1 rings (SSSR count). The first-order valence-corrected chi connectivity index (χ1v) is 6.29. The fraction of sp³-hybridized carbons (Fsp3) is 0.333. The lowest BCUT2D eigenvalue weighted by molar-refractivity contribution is 0.0170. The summed E-state index contributed by atoms with van der Waals surface area (Å²) in [6, 6.07) is 0.0680. The number of nitrogens with two attached hydrogens (primary N) is 1. The molecule has 0 atom stereocenters. The lowest BCUT2D eigenvalue weighted by Crippen LogP contribution is -2.41. The van der Waals surface area contributed by atoms with E-state index >= 15 is 0 Å². The molecule has 0 unspecified atom stereocenters. The zero-order chi connectivity index (χ0) is 14.8. The van der Waals surface area contributed by atoms with E-state index in [1.165, 1.54) is 4.72 Å². The van der Waals surface area contributed by atoms with Gasteiger partial charge in [-0.25, -0.2) is 35.1 Å². The number of hydrogen-bond donors (Lipinski definition) is 2. The molecule has 0 aliphatic rings. The van der Waals surface area contributed by atoms with Crippen LogP contribution in [0.1, 0.15) is 0 Å². The van der Waals surface area contributed by atoms with Crippen LogP contribution in [-0.2, 0) is 10.0 Å². The van der Waals surface area contributed by atoms with Crippen LogP contribution in [0.4, 0.5) is 22.0 Å². The predicted molar refractivity (Wildman–Crippen MR) is 62.8 cm³/mol. The highest BCUT2D eigenvalue weighted by atomic mass is 35.5. The number of alkyl halides is 2. The fourth-order valence-electron chi connectivity index (χ4n) is 1.06. The Hall–Kier alpha value is -0.970. The van der Waals surface area contributed by atoms with Crippen molar-refractivity contribution in [3.63, 3.8) is 0 Å². The summed E-state index contributed by atoms with van der Waals surface area (Å²) >= 11 is 0. The van der Waals surface area contributed by atoms with Crippen LogP contribution < -0.4 is 10.5 Å². The summed E-state index contributed by atoms with van der Waals surface area (Å²) in [5.74, 6) is -8.35. The van der Waals surface area contributed by atoms with Gasteiger partial charge >= 0.3 is 0 Å². The van der Waals surface area contributed by atoms with E-state index in [1.54, 1.807) is 0 Å². The summed E-state index contributed by atoms with van der Waals surface area (Å²) in [4.78, 5) is -1.26. The van der Waals surface area contributed by atoms with E-state index in [2.05, 4.69) is 5.73 Å². The summed E-state index contributed by atoms with van der Waals surface area (Å²) in [5.41, 5.74) is 4.68. The van der Waals surface area contributed by atoms with E-state index in [1.807, 2.05) is 0 Å². The average Bonchev–Trinajstić information content (AvgIpc) is 2.31. The highest BCUT2D eigenvalue weighted by Crippen LogP contribution is 2.19. The molecule has 0 heterocycles. The van der Waals surface area contributed by atoms with E-state index in [-0.39, 0.29) is 24.5 Å². The Kier molecular flexibility index (Phi) is 6.33. The van der Waals surface area contributed by atoms with Gasteiger partial charge in [-0.2, -0.15) is 0 Å². The van der Waals surface area contributed by atoms with Gasteiger partial charge in [0.15, 0.2) is 11.6 Å². The zero-order valence-corrected chi connectivity index (χ0v) is 11.3. The zero-order valence-electron chi connectivity index (χ0n) is 9.67. The largest absolute Gasteiger partial charge is 0.325 e. The fourth-order valence-corrected chi connectivity index (χ4v) is 2.19. The maximum Gasteiger partial charge on any atom is 0.273 e. The number of benzene rings is 1. The Balaban J connectivity index is 0.00000361. The van der Waals surface area contributed by atoms with Crippen molar-refractivity contribution in [2.45, 2.75) is 10.8 Å². The van der Waals surface area contributed by atoms with Gasteiger partial charge in [0.2, 0.25) is 10.0 Å². The number of halogens is 6. The summed E-state index contributed by atoms with van der Waals surface area (Å²) < 4.78 is 88.5. The van der Waals surface area contributed by atoms with E-state index < -0.39 is 51.4 Å². The third-order valence-corrected chi connectivity index (χ3v) is 3.50. The van der Waals surface area contributed by atoms with Crippen molar-refractivity contribution in [1.82, 2.24) is 4.72 Å². The Labute approximate surface area is 117 Å². The minimum absolute atomic E-state index is 0. The van der Waals surface area contributed by atoms with E-state index in [9.17, 15) is 30.4 Å². The molecule has 11 heteroatoms. The van der Waals surface area contributed by atoms with Crippen LogP contribution in [0.25, 0.3) is 0 Å². The van der Waals surface area contributed by atoms with Gasteiger partial charge in [-0.1, -0.05) is 0 Å². The van der Waals surface area contributed by atoms with Crippen molar-refractivity contribution in [1.29, 1.82) is 0 Å². The van der Waals surface area contributed by atoms with E-state index in [0.29, 0.717) is 0 Å². The first-order valence-electron chi connectivity index (χ1n) is 4.81. The van der Waals surface area contributed by atoms with Gasteiger partial charge in [0.1, 0.15) is 10.7 Å². The smallest absolute Gasteiger partial charge is 0.273 e. The molecule has 4 nitrogen and oxygen atoms in total. The van der Waals surface area contributed by atoms with Crippen molar-refractivity contribution in [2.75, 3.05) is 13.1 Å². The van der Waals surface area contributed by atoms with Crippen LogP contribution in [0, 0.1) is 17.5 Å². The molecule has 0 spiro atoms. The predicted octanol–water partition coefficient (Wildman–Crippen LogP) is 1.40. The molecule has 1 aromatic carbocycles. The Morgan fingerprint density at radius 3 is 2.10 bits per heavy atom. The lowest BCUT2D eigenvalue weighted by Gasteiger charge is -2.15. The standard InChI is InChI=1S/C9H9F5N2O2S.ClH/c10-5-1-7(12)8(2-6(5)11)19(17,18)16-4-9(13,14)3-15;/h1-2,16H,3-4,15H2;1H. The second-order valence-corrected chi connectivity index (χ2v) is 5.32. The average molecular weight is 341 g/mol. The molecule has 116 valence electrons. The molecule has 0 radical (unpaired) electrons. The molecule has 0 amide bonds. The monoisotopic (exact) mass is 340 g/mol. The van der Waals surface area contributed by atoms with Crippen LogP contribution in [0.5, 0.6) is 0 Å². The van der Waals surface area contributed by atoms with Crippen LogP contribution in [0.15, 0.2) is 17.0 Å². The third-order valence-electron chi connectivity index (χ3n) is 2.08. The van der Waals surface area contributed by atoms with Crippen LogP contribution in [0.3, 0.4) is 0 Å². The lowest BCUT2D eigenvalue weighted by atomic mass is 10.3. The normalized spacial score (nSPS) is 12.1. The molecule has 0 saturated heterocycles. The molecule has 0 aliphatic carbocycles. The quantitative estimate of drug-likeness (QED) is 0.628. The van der Waals surface area contributed by atoms with Gasteiger partial charge in [-0.15, -0.1) is 12.4 Å². The van der Waals surface area contributed by atoms with Crippen molar-refractivity contribution >= 4 is 22.4 Å². The van der Waals surface area contributed by atoms with Crippen LogP contribution >= 0.6 is 12.4 Å². The van der Waals surface area contributed by atoms with Crippen molar-refractivity contribution in [3.05, 3.63) is 29.6 Å². The van der Waals surface area contributed by atoms with Gasteiger partial charge in [-0.05, 0) is 6.07 Å². The molecule has 0 bridgehead atoms. The second-order valence-electron chi connectivity index (χ2n) is 3.58. The van der Waals surface area contributed by atoms with Gasteiger partial charge in [0, 0.05) is 6.07 Å². The van der Waals surface area contributed by atoms with Crippen LogP contribution in [-0.4, -0.2) is 27.4 Å². The van der Waals surface area contributed by atoms with E-state index in [4.69, 9.17) is 0 Å². The Morgan fingerprint density at radius 1 is 1.10 bits per heavy atom. The van der Waals surface area contributed by atoms with Gasteiger partial charge in [0.05, 0.1) is 13.1 Å². The topological polar surface area (TPSA) is 72.2 Å². The first-order chi connectivity index (χ1) is 8.59. The minimum atomic E-state index is -4.74. The molecule has 3 N–H and O–H groups in total. The SMILES string of the molecule is Cl.NCC(F)(F)CNS(=O)(=O)c1cc(F)c(F)cc1F. The van der Waals surface area contributed by atoms with E-state index in [0.717, 1.165) is 0 Å². The number of rotatable bonds is 5. The van der Waals surface area contributed by atoms with Crippen molar-refractivity contribution in [2.24, 2.45) is 5.73 Å². The number of nitrogens with one attached hydrogen (secondary N) is 1. The van der Waals surface area contributed by atoms with Crippen molar-refractivity contribution < 1.29 is 30.4 Å². The highest BCUT2D eigenvalue weighted by Gasteiger charge is 2.30. The molecular formula is C9H10ClF5N2O2S. The summed E-state index contributed by atoms with van der Waals surface area (Å²) in [7, 11) is -4.74. The summed E-state index contributed by atoms with van der Waals surface area (Å²) in [6.45, 7) is -2.51. The molecule has 0 aromatic heterocycles. The van der Waals surface area contributed by atoms with Gasteiger partial charge in [0.25, 0.3) is 5.92 Å². The van der Waals surface area contributed by atoms with Crippen molar-refractivity contribution in [3.8, 4) is 0 Å². The first kappa shape index (κ1) is 19.0. The highest BCUT2D eigenvalue weighted by molar-refractivity contribution is 7.89. The summed E-state index contributed by atoms with van der Waals surface area (Å²) in [5, 5.41) is 0. The van der Waals surface area contributed by atoms with Gasteiger partial charge < -0.3 is 5.73 Å². The van der Waals surface area contributed by atoms with Gasteiger partial charge in [-0.3, -0.25) is 0 Å². The van der Waals surface area contributed by atoms with Crippen LogP contribution in [0.2, 0.25) is 0 Å². The maximum absolute atomic E-state index is 13.2. The minimum Gasteiger partial charge on any atom is -0.325 e. The molecule has 1 aromatic rings. The molecule has 0 fully saturated rings. The Bertz CT molecular complexity index is 582. The molecule has 0 saturated carbocycles. The number of hydrogen-bond acceptors (Lipinski definition) is 3. The third kappa shape index (κ3) is 4.54. The second kappa shape index (κ2) is 6.66. The Morgan fingerprint density at radius 2 is 1.60 bits per heavy atom.